The van der Waals surface area contributed by atoms with Crippen molar-refractivity contribution in [2.24, 2.45) is 10.8 Å². The van der Waals surface area contributed by atoms with E-state index in [0.29, 0.717) is 18.7 Å². The second kappa shape index (κ2) is 7.14. The Balaban J connectivity index is 2.27. The van der Waals surface area contributed by atoms with Crippen molar-refractivity contribution in [3.8, 4) is 5.75 Å². The molecule has 1 aromatic rings. The van der Waals surface area contributed by atoms with E-state index in [1.54, 1.807) is 24.3 Å². The summed E-state index contributed by atoms with van der Waals surface area (Å²) in [5, 5.41) is 10.7. The average molecular weight is 233 g/mol. The van der Waals surface area contributed by atoms with E-state index in [4.69, 9.17) is 21.4 Å². The fourth-order valence-electron chi connectivity index (χ4n) is 1.25. The molecule has 0 heterocycles. The molecule has 0 bridgehead atoms. The van der Waals surface area contributed by atoms with Gasteiger partial charge in [-0.1, -0.05) is 5.11 Å². The second-order valence-corrected chi connectivity index (χ2v) is 3.45. The third-order valence-corrected chi connectivity index (χ3v) is 2.15. The van der Waals surface area contributed by atoms with Crippen LogP contribution in [0, 0.1) is 5.41 Å². The third-order valence-electron chi connectivity index (χ3n) is 2.15. The van der Waals surface area contributed by atoms with Gasteiger partial charge < -0.3 is 10.5 Å². The van der Waals surface area contributed by atoms with Crippen molar-refractivity contribution in [3.05, 3.63) is 40.3 Å². The van der Waals surface area contributed by atoms with E-state index in [2.05, 4.69) is 10.0 Å². The molecule has 17 heavy (non-hydrogen) atoms. The zero-order chi connectivity index (χ0) is 12.5. The maximum atomic E-state index is 8.07. The Labute approximate surface area is 99.5 Å². The molecule has 0 atom stereocenters. The van der Waals surface area contributed by atoms with Gasteiger partial charge in [-0.25, -0.2) is 0 Å². The number of benzene rings is 1. The van der Waals surface area contributed by atoms with Crippen LogP contribution in [0.3, 0.4) is 0 Å². The average Bonchev–Trinajstić information content (AvgIpc) is 2.34. The normalized spacial score (nSPS) is 9.41. The molecule has 0 aliphatic rings. The minimum Gasteiger partial charge on any atom is -0.494 e. The fourth-order valence-corrected chi connectivity index (χ4v) is 1.25. The molecule has 0 saturated heterocycles. The fraction of sp³-hybridized carbons (Fsp3) is 0.364. The predicted octanol–water partition coefficient (Wildman–Crippen LogP) is 2.44. The van der Waals surface area contributed by atoms with E-state index in [9.17, 15) is 0 Å². The van der Waals surface area contributed by atoms with Crippen molar-refractivity contribution in [1.29, 1.82) is 5.41 Å². The minimum atomic E-state index is 0.0471. The maximum absolute atomic E-state index is 8.07. The van der Waals surface area contributed by atoms with Gasteiger partial charge in [-0.2, -0.15) is 0 Å². The van der Waals surface area contributed by atoms with E-state index < -0.39 is 0 Å². The van der Waals surface area contributed by atoms with E-state index >= 15 is 0 Å². The lowest BCUT2D eigenvalue weighted by molar-refractivity contribution is 0.308. The van der Waals surface area contributed by atoms with Gasteiger partial charge in [0.2, 0.25) is 0 Å². The molecule has 1 aromatic carbocycles. The summed E-state index contributed by atoms with van der Waals surface area (Å²) in [7, 11) is 0. The lowest BCUT2D eigenvalue weighted by Crippen LogP contribution is -2.10. The van der Waals surface area contributed by atoms with Crippen LogP contribution in [0.2, 0.25) is 0 Å². The van der Waals surface area contributed by atoms with Crippen LogP contribution in [0.15, 0.2) is 29.4 Å². The van der Waals surface area contributed by atoms with E-state index in [1.807, 2.05) is 0 Å². The third kappa shape index (κ3) is 4.90. The smallest absolute Gasteiger partial charge is 0.122 e. The summed E-state index contributed by atoms with van der Waals surface area (Å²) >= 11 is 0. The molecule has 0 amide bonds. The highest BCUT2D eigenvalue weighted by atomic mass is 16.5. The van der Waals surface area contributed by atoms with Gasteiger partial charge in [0, 0.05) is 17.0 Å². The van der Waals surface area contributed by atoms with Crippen LogP contribution in [0.5, 0.6) is 5.75 Å². The Hall–Kier alpha value is -2.20. The van der Waals surface area contributed by atoms with Crippen LogP contribution >= 0.6 is 0 Å². The molecule has 90 valence electrons. The zero-order valence-electron chi connectivity index (χ0n) is 9.47. The lowest BCUT2D eigenvalue weighted by atomic mass is 10.2. The summed E-state index contributed by atoms with van der Waals surface area (Å²) < 4.78 is 5.47. The number of nitrogens with two attached hydrogens (primary N) is 1. The summed E-state index contributed by atoms with van der Waals surface area (Å²) in [6, 6.07) is 7.06. The van der Waals surface area contributed by atoms with Crippen molar-refractivity contribution in [2.75, 3.05) is 13.2 Å². The van der Waals surface area contributed by atoms with Crippen LogP contribution in [0.1, 0.15) is 18.4 Å². The first-order valence-electron chi connectivity index (χ1n) is 5.32. The predicted molar refractivity (Wildman–Crippen MR) is 66.2 cm³/mol. The van der Waals surface area contributed by atoms with E-state index in [0.717, 1.165) is 18.6 Å². The molecular formula is C11H15N5O. The quantitative estimate of drug-likeness (QED) is 0.188. The first-order valence-corrected chi connectivity index (χ1v) is 5.32. The summed E-state index contributed by atoms with van der Waals surface area (Å²) in [6.07, 6.45) is 1.66. The molecular weight excluding hydrogens is 218 g/mol. The van der Waals surface area contributed by atoms with Crippen molar-refractivity contribution >= 4 is 5.84 Å². The largest absolute Gasteiger partial charge is 0.494 e. The number of rotatable bonds is 7. The maximum Gasteiger partial charge on any atom is 0.122 e. The second-order valence-electron chi connectivity index (χ2n) is 3.45. The highest BCUT2D eigenvalue weighted by Crippen LogP contribution is 2.12. The molecule has 3 N–H and O–H groups in total. The SMILES string of the molecule is [N-]=[N+]=NCCCCOc1ccc(C(=N)N)cc1. The van der Waals surface area contributed by atoms with Crippen LogP contribution in [-0.2, 0) is 0 Å². The summed E-state index contributed by atoms with van der Waals surface area (Å²) in [5.41, 5.74) is 14.1. The Bertz CT molecular complexity index is 408. The Morgan fingerprint density at radius 3 is 2.65 bits per heavy atom. The number of hydrogen-bond acceptors (Lipinski definition) is 3. The number of ether oxygens (including phenoxy) is 1. The Kier molecular flexibility index (Phi) is 5.40. The van der Waals surface area contributed by atoms with Gasteiger partial charge >= 0.3 is 0 Å². The molecule has 6 nitrogen and oxygen atoms in total. The number of amidine groups is 1. The van der Waals surface area contributed by atoms with Gasteiger partial charge in [-0.05, 0) is 42.6 Å². The molecule has 6 heteroatoms. The standard InChI is InChI=1S/C11H15N5O/c12-11(13)9-3-5-10(6-4-9)17-8-2-1-7-15-16-14/h3-6H,1-2,7-8H2,(H3,12,13). The van der Waals surface area contributed by atoms with Crippen LogP contribution in [-0.4, -0.2) is 19.0 Å². The number of nitrogen functional groups attached to an aromatic ring is 1. The van der Waals surface area contributed by atoms with Crippen LogP contribution in [0.4, 0.5) is 0 Å². The molecule has 0 radical (unpaired) electrons. The summed E-state index contributed by atoms with van der Waals surface area (Å²) in [4.78, 5) is 2.67. The van der Waals surface area contributed by atoms with Crippen molar-refractivity contribution in [1.82, 2.24) is 0 Å². The molecule has 0 aliphatic carbocycles. The van der Waals surface area contributed by atoms with Gasteiger partial charge in [-0.15, -0.1) is 0 Å². The number of hydrogen-bond donors (Lipinski definition) is 2. The van der Waals surface area contributed by atoms with Gasteiger partial charge in [0.05, 0.1) is 6.61 Å². The number of nitrogens with zero attached hydrogens (tertiary/aromatic N) is 3. The summed E-state index contributed by atoms with van der Waals surface area (Å²) in [5.74, 6) is 0.796. The Morgan fingerprint density at radius 1 is 1.35 bits per heavy atom. The highest BCUT2D eigenvalue weighted by molar-refractivity contribution is 5.94. The zero-order valence-corrected chi connectivity index (χ0v) is 9.47. The van der Waals surface area contributed by atoms with Crippen LogP contribution in [0.25, 0.3) is 10.4 Å². The minimum absolute atomic E-state index is 0.0471. The Morgan fingerprint density at radius 2 is 2.06 bits per heavy atom. The first-order chi connectivity index (χ1) is 8.24. The van der Waals surface area contributed by atoms with Crippen molar-refractivity contribution in [3.63, 3.8) is 0 Å². The molecule has 0 aliphatic heterocycles. The van der Waals surface area contributed by atoms with Crippen LogP contribution < -0.4 is 10.5 Å². The molecule has 0 unspecified atom stereocenters. The first kappa shape index (κ1) is 12.9. The van der Waals surface area contributed by atoms with E-state index in [1.165, 1.54) is 0 Å². The number of unbranched alkanes of at least 4 members (excludes halogenated alkanes) is 1. The molecule has 0 spiro atoms. The topological polar surface area (TPSA) is 108 Å². The van der Waals surface area contributed by atoms with Gasteiger partial charge in [-0.3, -0.25) is 5.41 Å². The lowest BCUT2D eigenvalue weighted by Gasteiger charge is -2.06. The molecule has 0 aromatic heterocycles. The monoisotopic (exact) mass is 233 g/mol. The van der Waals surface area contributed by atoms with E-state index in [-0.39, 0.29) is 5.84 Å². The summed E-state index contributed by atoms with van der Waals surface area (Å²) in [6.45, 7) is 1.09. The van der Waals surface area contributed by atoms with Crippen molar-refractivity contribution < 1.29 is 4.74 Å². The number of nitrogens with one attached hydrogen (secondary N) is 1. The molecule has 1 rings (SSSR count). The van der Waals surface area contributed by atoms with Crippen molar-refractivity contribution in [2.45, 2.75) is 12.8 Å². The molecule has 0 saturated carbocycles. The van der Waals surface area contributed by atoms with Gasteiger partial charge in [0.15, 0.2) is 0 Å². The van der Waals surface area contributed by atoms with Gasteiger partial charge in [0.1, 0.15) is 11.6 Å². The highest BCUT2D eigenvalue weighted by Gasteiger charge is 1.97. The van der Waals surface area contributed by atoms with Gasteiger partial charge in [0.25, 0.3) is 0 Å². The number of azide groups is 1. The molecule has 0 fully saturated rings.